The minimum Gasteiger partial charge on any atom is -0.311 e. The number of hydrazone groups is 1. The number of hydrogen-bond acceptors (Lipinski definition) is 3. The third kappa shape index (κ3) is 1.26. The lowest BCUT2D eigenvalue weighted by molar-refractivity contribution is -0.114. The first-order valence-electron chi connectivity index (χ1n) is 3.33. The van der Waals surface area contributed by atoms with Crippen LogP contribution in [0.1, 0.15) is 12.8 Å². The van der Waals surface area contributed by atoms with E-state index in [-0.39, 0.29) is 0 Å². The summed E-state index contributed by atoms with van der Waals surface area (Å²) >= 11 is 0. The third-order valence-corrected chi connectivity index (χ3v) is 1.50. The second-order valence-corrected chi connectivity index (χ2v) is 2.15. The number of hydrogen-bond donors (Lipinski definition) is 1. The summed E-state index contributed by atoms with van der Waals surface area (Å²) in [4.78, 5) is 11.9. The molecule has 1 rings (SSSR count). The molecule has 0 saturated carbocycles. The maximum Gasteiger partial charge on any atom is 0.215 e. The monoisotopic (exact) mass is 141 g/mol. The van der Waals surface area contributed by atoms with Crippen LogP contribution in [0.4, 0.5) is 0 Å². The summed E-state index contributed by atoms with van der Waals surface area (Å²) in [6.07, 6.45) is 2.75. The van der Waals surface area contributed by atoms with Gasteiger partial charge in [0.05, 0.1) is 0 Å². The van der Waals surface area contributed by atoms with E-state index in [1.807, 2.05) is 0 Å². The van der Waals surface area contributed by atoms with Crippen LogP contribution in [0.3, 0.4) is 0 Å². The standard InChI is InChI=1S/C6H11N3O/c1-7-8-6-3-2-4-9(6)5-10/h5,7H,2-4H2,1H3/b8-6-. The molecule has 0 spiro atoms. The fourth-order valence-corrected chi connectivity index (χ4v) is 1.04. The fraction of sp³-hybridized carbons (Fsp3) is 0.667. The molecule has 1 N–H and O–H groups in total. The van der Waals surface area contributed by atoms with Crippen molar-refractivity contribution in [2.45, 2.75) is 12.8 Å². The molecule has 1 aliphatic rings. The highest BCUT2D eigenvalue weighted by atomic mass is 16.1. The van der Waals surface area contributed by atoms with Crippen LogP contribution in [0.5, 0.6) is 0 Å². The van der Waals surface area contributed by atoms with Crippen LogP contribution in [0.2, 0.25) is 0 Å². The molecule has 10 heavy (non-hydrogen) atoms. The van der Waals surface area contributed by atoms with E-state index in [0.29, 0.717) is 0 Å². The Balaban J connectivity index is 2.57. The Labute approximate surface area is 59.9 Å². The molecule has 0 atom stereocenters. The average Bonchev–Trinajstić information content (AvgIpc) is 2.36. The zero-order valence-electron chi connectivity index (χ0n) is 6.00. The summed E-state index contributed by atoms with van der Waals surface area (Å²) in [7, 11) is 1.73. The molecule has 1 aliphatic heterocycles. The van der Waals surface area contributed by atoms with E-state index >= 15 is 0 Å². The largest absolute Gasteiger partial charge is 0.311 e. The minimum absolute atomic E-state index is 0.810. The van der Waals surface area contributed by atoms with Crippen molar-refractivity contribution in [3.8, 4) is 0 Å². The van der Waals surface area contributed by atoms with Gasteiger partial charge in [-0.15, -0.1) is 0 Å². The van der Waals surface area contributed by atoms with E-state index in [0.717, 1.165) is 31.6 Å². The van der Waals surface area contributed by atoms with E-state index in [4.69, 9.17) is 0 Å². The molecule has 0 aromatic carbocycles. The van der Waals surface area contributed by atoms with Gasteiger partial charge in [-0.05, 0) is 6.42 Å². The highest BCUT2D eigenvalue weighted by molar-refractivity contribution is 5.92. The minimum atomic E-state index is 0.810. The molecule has 0 radical (unpaired) electrons. The molecule has 1 heterocycles. The van der Waals surface area contributed by atoms with Crippen LogP contribution in [0.15, 0.2) is 5.10 Å². The molecular weight excluding hydrogens is 130 g/mol. The Morgan fingerprint density at radius 3 is 3.20 bits per heavy atom. The maximum absolute atomic E-state index is 10.3. The number of rotatable bonds is 2. The highest BCUT2D eigenvalue weighted by Crippen LogP contribution is 2.07. The number of amides is 1. The molecular formula is C6H11N3O. The van der Waals surface area contributed by atoms with Crippen LogP contribution in [0.25, 0.3) is 0 Å². The predicted molar refractivity (Wildman–Crippen MR) is 38.5 cm³/mol. The first-order valence-corrected chi connectivity index (χ1v) is 3.33. The Hall–Kier alpha value is -1.06. The molecule has 1 amide bonds. The second kappa shape index (κ2) is 3.20. The normalized spacial score (nSPS) is 21.7. The third-order valence-electron chi connectivity index (χ3n) is 1.50. The van der Waals surface area contributed by atoms with Crippen LogP contribution in [0, 0.1) is 0 Å². The summed E-state index contributed by atoms with van der Waals surface area (Å²) < 4.78 is 0. The van der Waals surface area contributed by atoms with Crippen LogP contribution < -0.4 is 5.43 Å². The summed E-state index contributed by atoms with van der Waals surface area (Å²) in [5.41, 5.74) is 2.66. The molecule has 4 heteroatoms. The molecule has 0 aromatic rings. The van der Waals surface area contributed by atoms with Crippen molar-refractivity contribution < 1.29 is 4.79 Å². The van der Waals surface area contributed by atoms with Gasteiger partial charge < -0.3 is 10.3 Å². The zero-order valence-corrected chi connectivity index (χ0v) is 6.00. The van der Waals surface area contributed by atoms with Crippen LogP contribution >= 0.6 is 0 Å². The number of amidine groups is 1. The van der Waals surface area contributed by atoms with E-state index in [9.17, 15) is 4.79 Å². The molecule has 1 saturated heterocycles. The highest BCUT2D eigenvalue weighted by Gasteiger charge is 2.16. The zero-order chi connectivity index (χ0) is 7.40. The smallest absolute Gasteiger partial charge is 0.215 e. The van der Waals surface area contributed by atoms with Crippen molar-refractivity contribution in [3.63, 3.8) is 0 Å². The number of likely N-dealkylation sites (tertiary alicyclic amines) is 1. The number of nitrogens with zero attached hydrogens (tertiary/aromatic N) is 2. The lowest BCUT2D eigenvalue weighted by atomic mass is 10.4. The first-order chi connectivity index (χ1) is 4.88. The van der Waals surface area contributed by atoms with Gasteiger partial charge in [-0.25, -0.2) is 0 Å². The molecule has 56 valence electrons. The molecule has 0 aliphatic carbocycles. The van der Waals surface area contributed by atoms with Gasteiger partial charge in [-0.3, -0.25) is 4.79 Å². The molecule has 0 aromatic heterocycles. The number of nitrogens with one attached hydrogen (secondary N) is 1. The van der Waals surface area contributed by atoms with Crippen molar-refractivity contribution >= 4 is 12.2 Å². The SMILES string of the molecule is CN/N=C1/CCCN1C=O. The molecule has 4 nitrogen and oxygen atoms in total. The quantitative estimate of drug-likeness (QED) is 0.426. The summed E-state index contributed by atoms with van der Waals surface area (Å²) in [6.45, 7) is 0.810. The van der Waals surface area contributed by atoms with Gasteiger partial charge in [-0.1, -0.05) is 0 Å². The molecule has 1 fully saturated rings. The fourth-order valence-electron chi connectivity index (χ4n) is 1.04. The summed E-state index contributed by atoms with van der Waals surface area (Å²) in [6, 6.07) is 0. The van der Waals surface area contributed by atoms with Gasteiger partial charge >= 0.3 is 0 Å². The van der Waals surface area contributed by atoms with Crippen LogP contribution in [-0.4, -0.2) is 30.7 Å². The van der Waals surface area contributed by atoms with Gasteiger partial charge in [0.1, 0.15) is 5.84 Å². The van der Waals surface area contributed by atoms with Gasteiger partial charge in [0, 0.05) is 20.0 Å². The van der Waals surface area contributed by atoms with E-state index in [2.05, 4.69) is 10.5 Å². The maximum atomic E-state index is 10.3. The van der Waals surface area contributed by atoms with Crippen molar-refractivity contribution in [1.82, 2.24) is 10.3 Å². The first kappa shape index (κ1) is 7.05. The topological polar surface area (TPSA) is 44.7 Å². The Bertz CT molecular complexity index is 155. The number of carbonyl (C=O) groups is 1. The summed E-state index contributed by atoms with van der Waals surface area (Å²) in [5, 5.41) is 3.94. The predicted octanol–water partition coefficient (Wildman–Crippen LogP) is -0.229. The van der Waals surface area contributed by atoms with Crippen molar-refractivity contribution in [1.29, 1.82) is 0 Å². The Kier molecular flexibility index (Phi) is 2.25. The van der Waals surface area contributed by atoms with Gasteiger partial charge in [0.2, 0.25) is 6.41 Å². The van der Waals surface area contributed by atoms with E-state index in [1.54, 1.807) is 11.9 Å². The lowest BCUT2D eigenvalue weighted by Gasteiger charge is -2.07. The molecule has 0 bridgehead atoms. The average molecular weight is 141 g/mol. The van der Waals surface area contributed by atoms with Crippen molar-refractivity contribution in [2.24, 2.45) is 5.10 Å². The second-order valence-electron chi connectivity index (χ2n) is 2.15. The number of carbonyl (C=O) groups excluding carboxylic acids is 1. The Morgan fingerprint density at radius 2 is 2.60 bits per heavy atom. The van der Waals surface area contributed by atoms with Crippen LogP contribution in [-0.2, 0) is 4.79 Å². The van der Waals surface area contributed by atoms with E-state index < -0.39 is 0 Å². The van der Waals surface area contributed by atoms with Crippen molar-refractivity contribution in [3.05, 3.63) is 0 Å². The lowest BCUT2D eigenvalue weighted by Crippen LogP contribution is -2.24. The van der Waals surface area contributed by atoms with Gasteiger partial charge in [0.15, 0.2) is 0 Å². The summed E-state index contributed by atoms with van der Waals surface area (Å²) in [5.74, 6) is 0.845. The van der Waals surface area contributed by atoms with Gasteiger partial charge in [-0.2, -0.15) is 5.10 Å². The van der Waals surface area contributed by atoms with E-state index in [1.165, 1.54) is 0 Å². The Morgan fingerprint density at radius 1 is 1.80 bits per heavy atom. The van der Waals surface area contributed by atoms with Crippen molar-refractivity contribution in [2.75, 3.05) is 13.6 Å². The molecule has 0 unspecified atom stereocenters. The van der Waals surface area contributed by atoms with Gasteiger partial charge in [0.25, 0.3) is 0 Å².